The monoisotopic (exact) mass is 325 g/mol. The van der Waals surface area contributed by atoms with Gasteiger partial charge in [0.25, 0.3) is 0 Å². The molecule has 2 aliphatic heterocycles. The maximum Gasteiger partial charge on any atom is 0.161 e. The molecule has 1 saturated heterocycles. The molecule has 4 rings (SSSR count). The molecule has 126 valence electrons. The highest BCUT2D eigenvalue weighted by Crippen LogP contribution is 2.31. The Kier molecular flexibility index (Phi) is 4.49. The molecule has 0 unspecified atom stereocenters. The number of benzene rings is 1. The van der Waals surface area contributed by atoms with Gasteiger partial charge in [-0.15, -0.1) is 0 Å². The van der Waals surface area contributed by atoms with Gasteiger partial charge >= 0.3 is 0 Å². The number of rotatable bonds is 4. The van der Waals surface area contributed by atoms with Crippen molar-refractivity contribution in [2.75, 3.05) is 24.6 Å². The van der Waals surface area contributed by atoms with Gasteiger partial charge in [-0.25, -0.2) is 9.97 Å². The topological polar surface area (TPSA) is 47.5 Å². The number of para-hydroxylation sites is 2. The minimum Gasteiger partial charge on any atom is -0.486 e. The molecule has 3 heterocycles. The van der Waals surface area contributed by atoms with Crippen molar-refractivity contribution in [2.24, 2.45) is 0 Å². The number of anilines is 1. The minimum absolute atomic E-state index is 0.0771. The average Bonchev–Trinajstić information content (AvgIpc) is 2.67. The molecule has 0 amide bonds. The first-order valence-corrected chi connectivity index (χ1v) is 8.83. The van der Waals surface area contributed by atoms with Crippen molar-refractivity contribution in [1.29, 1.82) is 0 Å². The Hall–Kier alpha value is -2.30. The highest BCUT2D eigenvalue weighted by atomic mass is 16.6. The third kappa shape index (κ3) is 3.45. The van der Waals surface area contributed by atoms with E-state index in [0.29, 0.717) is 6.61 Å². The van der Waals surface area contributed by atoms with Crippen LogP contribution in [0.5, 0.6) is 11.5 Å². The third-order valence-corrected chi connectivity index (χ3v) is 4.68. The van der Waals surface area contributed by atoms with Gasteiger partial charge in [0.2, 0.25) is 0 Å². The Bertz CT molecular complexity index is 686. The zero-order valence-corrected chi connectivity index (χ0v) is 13.9. The van der Waals surface area contributed by atoms with Crippen molar-refractivity contribution in [3.63, 3.8) is 0 Å². The second-order valence-electron chi connectivity index (χ2n) is 6.45. The number of hydrogen-bond donors (Lipinski definition) is 0. The van der Waals surface area contributed by atoms with Crippen LogP contribution < -0.4 is 14.4 Å². The summed E-state index contributed by atoms with van der Waals surface area (Å²) < 4.78 is 11.8. The lowest BCUT2D eigenvalue weighted by molar-refractivity contribution is 0.0849. The van der Waals surface area contributed by atoms with E-state index in [0.717, 1.165) is 48.9 Å². The van der Waals surface area contributed by atoms with Gasteiger partial charge < -0.3 is 14.4 Å². The molecule has 2 aromatic rings. The molecule has 0 N–H and O–H groups in total. The van der Waals surface area contributed by atoms with Crippen LogP contribution in [-0.4, -0.2) is 35.8 Å². The van der Waals surface area contributed by atoms with Crippen LogP contribution in [0.15, 0.2) is 36.7 Å². The average molecular weight is 325 g/mol. The van der Waals surface area contributed by atoms with Crippen LogP contribution in [0.2, 0.25) is 0 Å². The zero-order valence-electron chi connectivity index (χ0n) is 13.9. The molecular formula is C19H23N3O2. The minimum atomic E-state index is 0.0771. The second kappa shape index (κ2) is 7.07. The van der Waals surface area contributed by atoms with E-state index < -0.39 is 0 Å². The number of nitrogens with zero attached hydrogens (tertiary/aromatic N) is 3. The predicted octanol–water partition coefficient (Wildman–Crippen LogP) is 3.24. The number of ether oxygens (including phenoxy) is 2. The fourth-order valence-electron chi connectivity index (χ4n) is 3.33. The van der Waals surface area contributed by atoms with E-state index in [1.54, 1.807) is 6.33 Å². The lowest BCUT2D eigenvalue weighted by atomic mass is 10.1. The molecule has 0 radical (unpaired) electrons. The third-order valence-electron chi connectivity index (χ3n) is 4.68. The van der Waals surface area contributed by atoms with E-state index in [4.69, 9.17) is 9.47 Å². The highest BCUT2D eigenvalue weighted by molar-refractivity contribution is 5.41. The van der Waals surface area contributed by atoms with Crippen LogP contribution in [0, 0.1) is 0 Å². The van der Waals surface area contributed by atoms with E-state index in [9.17, 15) is 0 Å². The maximum absolute atomic E-state index is 6.02. The summed E-state index contributed by atoms with van der Waals surface area (Å²) in [6.07, 6.45) is 7.37. The Morgan fingerprint density at radius 3 is 2.75 bits per heavy atom. The standard InChI is InChI=1S/C19H23N3O2/c1-4-10-22(11-5-1)19-12-15(20-14-21-19)8-9-16-13-23-17-6-2-3-7-18(17)24-16/h2-3,6-7,12,14,16H,1,4-5,8-11,13H2/t16-/m0/s1. The number of fused-ring (bicyclic) bond motifs is 1. The van der Waals surface area contributed by atoms with Gasteiger partial charge in [-0.1, -0.05) is 12.1 Å². The molecule has 1 aromatic heterocycles. The summed E-state index contributed by atoms with van der Waals surface area (Å²) in [5.41, 5.74) is 1.08. The summed E-state index contributed by atoms with van der Waals surface area (Å²) in [5.74, 6) is 2.74. The Morgan fingerprint density at radius 2 is 1.88 bits per heavy atom. The first-order chi connectivity index (χ1) is 11.9. The van der Waals surface area contributed by atoms with Crippen molar-refractivity contribution < 1.29 is 9.47 Å². The molecule has 1 fully saturated rings. The van der Waals surface area contributed by atoms with Crippen molar-refractivity contribution in [2.45, 2.75) is 38.2 Å². The smallest absolute Gasteiger partial charge is 0.161 e. The van der Waals surface area contributed by atoms with E-state index in [2.05, 4.69) is 20.9 Å². The fraction of sp³-hybridized carbons (Fsp3) is 0.474. The van der Waals surface area contributed by atoms with Crippen molar-refractivity contribution >= 4 is 5.82 Å². The molecule has 0 aliphatic carbocycles. The van der Waals surface area contributed by atoms with Crippen LogP contribution in [0.25, 0.3) is 0 Å². The second-order valence-corrected chi connectivity index (χ2v) is 6.45. The zero-order chi connectivity index (χ0) is 16.2. The lowest BCUT2D eigenvalue weighted by Gasteiger charge is -2.28. The molecule has 0 saturated carbocycles. The maximum atomic E-state index is 6.02. The van der Waals surface area contributed by atoms with Crippen LogP contribution >= 0.6 is 0 Å². The molecule has 1 aromatic carbocycles. The molecule has 1 atom stereocenters. The number of hydrogen-bond acceptors (Lipinski definition) is 5. The number of aromatic nitrogens is 2. The quantitative estimate of drug-likeness (QED) is 0.863. The SMILES string of the molecule is c1ccc2c(c1)OC[C@H](CCc1cc(N3CCCCC3)ncn1)O2. The fourth-order valence-corrected chi connectivity index (χ4v) is 3.33. The predicted molar refractivity (Wildman–Crippen MR) is 92.8 cm³/mol. The van der Waals surface area contributed by atoms with Crippen LogP contribution in [-0.2, 0) is 6.42 Å². The molecule has 24 heavy (non-hydrogen) atoms. The molecule has 2 aliphatic rings. The summed E-state index contributed by atoms with van der Waals surface area (Å²) in [7, 11) is 0. The number of piperidine rings is 1. The van der Waals surface area contributed by atoms with Gasteiger partial charge in [0, 0.05) is 24.8 Å². The van der Waals surface area contributed by atoms with Gasteiger partial charge in [0.15, 0.2) is 11.5 Å². The van der Waals surface area contributed by atoms with E-state index in [1.165, 1.54) is 19.3 Å². The summed E-state index contributed by atoms with van der Waals surface area (Å²) >= 11 is 0. The van der Waals surface area contributed by atoms with Crippen molar-refractivity contribution in [3.8, 4) is 11.5 Å². The van der Waals surface area contributed by atoms with Crippen molar-refractivity contribution in [1.82, 2.24) is 9.97 Å². The Labute approximate surface area is 142 Å². The van der Waals surface area contributed by atoms with Gasteiger partial charge in [0.1, 0.15) is 24.9 Å². The normalized spacial score (nSPS) is 20.0. The molecule has 0 bridgehead atoms. The summed E-state index contributed by atoms with van der Waals surface area (Å²) in [6.45, 7) is 2.81. The van der Waals surface area contributed by atoms with Crippen LogP contribution in [0.1, 0.15) is 31.4 Å². The summed E-state index contributed by atoms with van der Waals surface area (Å²) in [4.78, 5) is 11.2. The lowest BCUT2D eigenvalue weighted by Crippen LogP contribution is -2.30. The summed E-state index contributed by atoms with van der Waals surface area (Å²) in [6, 6.07) is 9.97. The molecular weight excluding hydrogens is 302 g/mol. The number of aryl methyl sites for hydroxylation is 1. The van der Waals surface area contributed by atoms with Crippen LogP contribution in [0.4, 0.5) is 5.82 Å². The van der Waals surface area contributed by atoms with E-state index in [-0.39, 0.29) is 6.10 Å². The Morgan fingerprint density at radius 1 is 1.04 bits per heavy atom. The van der Waals surface area contributed by atoms with Crippen molar-refractivity contribution in [3.05, 3.63) is 42.4 Å². The van der Waals surface area contributed by atoms with Gasteiger partial charge in [0.05, 0.1) is 0 Å². The van der Waals surface area contributed by atoms with Gasteiger partial charge in [-0.05, 0) is 44.2 Å². The van der Waals surface area contributed by atoms with Gasteiger partial charge in [-0.3, -0.25) is 0 Å². The highest BCUT2D eigenvalue weighted by Gasteiger charge is 2.21. The Balaban J connectivity index is 1.36. The molecule has 0 spiro atoms. The van der Waals surface area contributed by atoms with Crippen LogP contribution in [0.3, 0.4) is 0 Å². The van der Waals surface area contributed by atoms with E-state index in [1.807, 2.05) is 24.3 Å². The molecule has 5 nitrogen and oxygen atoms in total. The van der Waals surface area contributed by atoms with E-state index >= 15 is 0 Å². The van der Waals surface area contributed by atoms with Gasteiger partial charge in [-0.2, -0.15) is 0 Å². The molecule has 5 heteroatoms. The summed E-state index contributed by atoms with van der Waals surface area (Å²) in [5, 5.41) is 0. The largest absolute Gasteiger partial charge is 0.486 e. The first-order valence-electron chi connectivity index (χ1n) is 8.83. The first kappa shape index (κ1) is 15.2.